The zero-order chi connectivity index (χ0) is 21.3. The van der Waals surface area contributed by atoms with Gasteiger partial charge in [0.1, 0.15) is 5.92 Å². The van der Waals surface area contributed by atoms with Crippen LogP contribution in [0.5, 0.6) is 0 Å². The molecule has 3 rings (SSSR count). The Kier molecular flexibility index (Phi) is 5.68. The van der Waals surface area contributed by atoms with E-state index in [1.54, 1.807) is 25.1 Å². The fourth-order valence-electron chi connectivity index (χ4n) is 4.41. The lowest BCUT2D eigenvalue weighted by Gasteiger charge is -2.39. The highest BCUT2D eigenvalue weighted by molar-refractivity contribution is 6.09. The van der Waals surface area contributed by atoms with Crippen molar-refractivity contribution < 1.29 is 19.2 Å². The van der Waals surface area contributed by atoms with E-state index in [2.05, 4.69) is 0 Å². The molecule has 0 amide bonds. The van der Waals surface area contributed by atoms with Crippen LogP contribution in [0.15, 0.2) is 40.5 Å². The Labute approximate surface area is 170 Å². The largest absolute Gasteiger partial charge is 0.465 e. The van der Waals surface area contributed by atoms with Crippen LogP contribution in [0.4, 0.5) is 5.69 Å². The SMILES string of the molecule is CCOC(=O)C1C(CC)=NC2=C(C(=O)CC(C)(C)C2)[C@@H]1c1ccccc1[N+](=O)[O-]. The molecule has 0 bridgehead atoms. The van der Waals surface area contributed by atoms with Crippen LogP contribution in [0.3, 0.4) is 0 Å². The van der Waals surface area contributed by atoms with Gasteiger partial charge in [0, 0.05) is 41.0 Å². The number of carbonyl (C=O) groups excluding carboxylic acids is 2. The van der Waals surface area contributed by atoms with Gasteiger partial charge in [-0.3, -0.25) is 24.7 Å². The zero-order valence-electron chi connectivity index (χ0n) is 17.2. The summed E-state index contributed by atoms with van der Waals surface area (Å²) in [6, 6.07) is 6.32. The van der Waals surface area contributed by atoms with Crippen molar-refractivity contribution in [2.24, 2.45) is 16.3 Å². The van der Waals surface area contributed by atoms with Crippen LogP contribution < -0.4 is 0 Å². The molecule has 1 heterocycles. The first kappa shape index (κ1) is 20.9. The van der Waals surface area contributed by atoms with Gasteiger partial charge in [0.2, 0.25) is 0 Å². The molecule has 7 heteroatoms. The van der Waals surface area contributed by atoms with E-state index in [-0.39, 0.29) is 23.5 Å². The number of nitrogens with zero attached hydrogens (tertiary/aromatic N) is 2. The number of hydrogen-bond acceptors (Lipinski definition) is 6. The van der Waals surface area contributed by atoms with Gasteiger partial charge in [-0.15, -0.1) is 0 Å². The van der Waals surface area contributed by atoms with Crippen molar-refractivity contribution in [2.75, 3.05) is 6.61 Å². The van der Waals surface area contributed by atoms with Crippen LogP contribution >= 0.6 is 0 Å². The van der Waals surface area contributed by atoms with Crippen LogP contribution in [0.25, 0.3) is 0 Å². The van der Waals surface area contributed by atoms with Crippen molar-refractivity contribution in [3.8, 4) is 0 Å². The van der Waals surface area contributed by atoms with Crippen LogP contribution in [-0.4, -0.2) is 29.0 Å². The van der Waals surface area contributed by atoms with Crippen molar-refractivity contribution in [3.63, 3.8) is 0 Å². The summed E-state index contributed by atoms with van der Waals surface area (Å²) in [5.41, 5.74) is 1.68. The maximum atomic E-state index is 13.2. The number of nitro benzene ring substituents is 1. The molecular weight excluding hydrogens is 372 g/mol. The minimum atomic E-state index is -0.843. The lowest BCUT2D eigenvalue weighted by molar-refractivity contribution is -0.385. The number of para-hydroxylation sites is 1. The van der Waals surface area contributed by atoms with Gasteiger partial charge in [-0.2, -0.15) is 0 Å². The minimum absolute atomic E-state index is 0.103. The molecule has 0 N–H and O–H groups in total. The zero-order valence-corrected chi connectivity index (χ0v) is 17.2. The molecule has 0 spiro atoms. The molecule has 0 saturated carbocycles. The molecule has 1 aromatic rings. The van der Waals surface area contributed by atoms with E-state index in [4.69, 9.17) is 9.73 Å². The number of nitro groups is 1. The number of benzene rings is 1. The Morgan fingerprint density at radius 2 is 1.97 bits per heavy atom. The number of esters is 1. The fourth-order valence-corrected chi connectivity index (χ4v) is 4.41. The fraction of sp³-hybridized carbons (Fsp3) is 0.500. The third-order valence-corrected chi connectivity index (χ3v) is 5.55. The van der Waals surface area contributed by atoms with Gasteiger partial charge < -0.3 is 4.74 Å². The number of hydrogen-bond donors (Lipinski definition) is 0. The molecule has 2 atom stereocenters. The van der Waals surface area contributed by atoms with Crippen molar-refractivity contribution in [3.05, 3.63) is 51.2 Å². The molecule has 29 heavy (non-hydrogen) atoms. The van der Waals surface area contributed by atoms with Crippen LogP contribution in [0.2, 0.25) is 0 Å². The number of carbonyl (C=O) groups is 2. The lowest BCUT2D eigenvalue weighted by Crippen LogP contribution is -2.40. The Bertz CT molecular complexity index is 929. The van der Waals surface area contributed by atoms with Crippen LogP contribution in [-0.2, 0) is 14.3 Å². The number of allylic oxidation sites excluding steroid dienone is 2. The molecule has 1 unspecified atom stereocenters. The Hall–Kier alpha value is -2.83. The van der Waals surface area contributed by atoms with Gasteiger partial charge >= 0.3 is 5.97 Å². The Morgan fingerprint density at radius 1 is 1.28 bits per heavy atom. The Balaban J connectivity index is 2.28. The predicted molar refractivity (Wildman–Crippen MR) is 109 cm³/mol. The summed E-state index contributed by atoms with van der Waals surface area (Å²) in [5, 5.41) is 11.7. The van der Waals surface area contributed by atoms with E-state index >= 15 is 0 Å². The lowest BCUT2D eigenvalue weighted by atomic mass is 9.66. The molecular formula is C22H26N2O5. The summed E-state index contributed by atoms with van der Waals surface area (Å²) in [6.07, 6.45) is 1.39. The van der Waals surface area contributed by atoms with Crippen molar-refractivity contribution in [1.82, 2.24) is 0 Å². The van der Waals surface area contributed by atoms with Gasteiger partial charge in [0.25, 0.3) is 5.69 Å². The maximum absolute atomic E-state index is 13.2. The molecule has 0 radical (unpaired) electrons. The molecule has 1 aliphatic carbocycles. The molecule has 0 aromatic heterocycles. The predicted octanol–water partition coefficient (Wildman–Crippen LogP) is 4.37. The van der Waals surface area contributed by atoms with Gasteiger partial charge in [-0.1, -0.05) is 39.0 Å². The highest BCUT2D eigenvalue weighted by Crippen LogP contribution is 2.49. The van der Waals surface area contributed by atoms with E-state index in [0.29, 0.717) is 41.8 Å². The summed E-state index contributed by atoms with van der Waals surface area (Å²) in [6.45, 7) is 7.80. The number of aliphatic imine (C=N–C) groups is 1. The van der Waals surface area contributed by atoms with E-state index in [1.165, 1.54) is 6.07 Å². The van der Waals surface area contributed by atoms with Crippen LogP contribution in [0, 0.1) is 21.4 Å². The summed E-state index contributed by atoms with van der Waals surface area (Å²) >= 11 is 0. The average molecular weight is 398 g/mol. The van der Waals surface area contributed by atoms with Gasteiger partial charge in [-0.25, -0.2) is 0 Å². The normalized spacial score (nSPS) is 23.3. The molecule has 2 aliphatic rings. The van der Waals surface area contributed by atoms with Gasteiger partial charge in [-0.05, 0) is 25.2 Å². The topological polar surface area (TPSA) is 98.9 Å². The summed E-state index contributed by atoms with van der Waals surface area (Å²) in [4.78, 5) is 42.1. The average Bonchev–Trinajstić information content (AvgIpc) is 2.65. The van der Waals surface area contributed by atoms with Crippen molar-refractivity contribution in [2.45, 2.75) is 52.9 Å². The van der Waals surface area contributed by atoms with E-state index in [0.717, 1.165) is 0 Å². The maximum Gasteiger partial charge on any atom is 0.315 e. The van der Waals surface area contributed by atoms with E-state index in [1.807, 2.05) is 20.8 Å². The van der Waals surface area contributed by atoms with Gasteiger partial charge in [0.05, 0.1) is 11.5 Å². The summed E-state index contributed by atoms with van der Waals surface area (Å²) < 4.78 is 5.30. The first-order valence-electron chi connectivity index (χ1n) is 9.93. The second-order valence-corrected chi connectivity index (χ2v) is 8.28. The van der Waals surface area contributed by atoms with Crippen molar-refractivity contribution >= 4 is 23.2 Å². The monoisotopic (exact) mass is 398 g/mol. The second-order valence-electron chi connectivity index (χ2n) is 8.28. The molecule has 1 aromatic carbocycles. The molecule has 0 fully saturated rings. The van der Waals surface area contributed by atoms with E-state index < -0.39 is 22.7 Å². The number of rotatable bonds is 5. The standard InChI is InChI=1S/C22H26N2O5/c1-5-14-20(21(26)29-6-2)18(13-9-7-8-10-16(13)24(27)28)19-15(23-14)11-22(3,4)12-17(19)25/h7-10,18,20H,5-6,11-12H2,1-4H3/t18-,20?/m0/s1. The Morgan fingerprint density at radius 3 is 2.59 bits per heavy atom. The molecule has 1 aliphatic heterocycles. The smallest absolute Gasteiger partial charge is 0.315 e. The molecule has 7 nitrogen and oxygen atoms in total. The first-order chi connectivity index (χ1) is 13.7. The third-order valence-electron chi connectivity index (χ3n) is 5.55. The third kappa shape index (κ3) is 3.86. The molecule has 0 saturated heterocycles. The molecule has 154 valence electrons. The van der Waals surface area contributed by atoms with Gasteiger partial charge in [0.15, 0.2) is 5.78 Å². The first-order valence-corrected chi connectivity index (χ1v) is 9.93. The van der Waals surface area contributed by atoms with E-state index in [9.17, 15) is 19.7 Å². The number of ketones is 1. The number of Topliss-reactive ketones (excluding diaryl/α,β-unsaturated/α-hetero) is 1. The highest BCUT2D eigenvalue weighted by atomic mass is 16.6. The number of ether oxygens (including phenoxy) is 1. The minimum Gasteiger partial charge on any atom is -0.465 e. The van der Waals surface area contributed by atoms with Crippen molar-refractivity contribution in [1.29, 1.82) is 0 Å². The highest BCUT2D eigenvalue weighted by Gasteiger charge is 2.48. The van der Waals surface area contributed by atoms with Crippen LogP contribution in [0.1, 0.15) is 58.4 Å². The second kappa shape index (κ2) is 7.89. The summed E-state index contributed by atoms with van der Waals surface area (Å²) in [5.74, 6) is -2.21. The quantitative estimate of drug-likeness (QED) is 0.417. The summed E-state index contributed by atoms with van der Waals surface area (Å²) in [7, 11) is 0.